The molecule has 1 amide bonds. The molecular formula is C18H24N4OS. The van der Waals surface area contributed by atoms with E-state index in [2.05, 4.69) is 30.1 Å². The highest BCUT2D eigenvalue weighted by atomic mass is 32.2. The van der Waals surface area contributed by atoms with Crippen molar-refractivity contribution in [2.24, 2.45) is 13.0 Å². The number of carbonyl (C=O) groups is 1. The molecule has 1 aromatic heterocycles. The third-order valence-corrected chi connectivity index (χ3v) is 5.56. The maximum absolute atomic E-state index is 12.4. The van der Waals surface area contributed by atoms with Crippen molar-refractivity contribution in [3.05, 3.63) is 29.8 Å². The Bertz CT molecular complexity index is 728. The smallest absolute Gasteiger partial charge is 0.233 e. The Hall–Kier alpha value is -1.82. The Balaban J connectivity index is 1.66. The Morgan fingerprint density at radius 2 is 2.12 bits per heavy atom. The van der Waals surface area contributed by atoms with E-state index in [1.54, 1.807) is 0 Å². The third kappa shape index (κ3) is 3.64. The molecule has 1 aromatic carbocycles. The second-order valence-electron chi connectivity index (χ2n) is 6.56. The predicted octanol–water partition coefficient (Wildman–Crippen LogP) is 3.14. The molecule has 0 radical (unpaired) electrons. The van der Waals surface area contributed by atoms with Crippen LogP contribution < -0.4 is 0 Å². The quantitative estimate of drug-likeness (QED) is 0.800. The molecule has 0 bridgehead atoms. The topological polar surface area (TPSA) is 51.0 Å². The molecule has 0 aliphatic carbocycles. The number of benzene rings is 1. The first-order valence-electron chi connectivity index (χ1n) is 8.42. The lowest BCUT2D eigenvalue weighted by molar-refractivity contribution is -0.130. The summed E-state index contributed by atoms with van der Waals surface area (Å²) in [6.07, 6.45) is 2.33. The molecule has 0 spiro atoms. The average Bonchev–Trinajstić information content (AvgIpc) is 2.94. The summed E-state index contributed by atoms with van der Waals surface area (Å²) in [6, 6.07) is 8.14. The molecule has 2 heterocycles. The summed E-state index contributed by atoms with van der Waals surface area (Å²) in [5.74, 6) is 2.07. The van der Waals surface area contributed by atoms with Gasteiger partial charge in [-0.2, -0.15) is 0 Å². The fraction of sp³-hybridized carbons (Fsp3) is 0.500. The van der Waals surface area contributed by atoms with Gasteiger partial charge in [-0.1, -0.05) is 43.0 Å². The summed E-state index contributed by atoms with van der Waals surface area (Å²) in [6.45, 7) is 6.05. The highest BCUT2D eigenvalue weighted by Crippen LogP contribution is 2.25. The van der Waals surface area contributed by atoms with E-state index in [1.807, 2.05) is 34.7 Å². The van der Waals surface area contributed by atoms with Crippen molar-refractivity contribution in [1.29, 1.82) is 0 Å². The van der Waals surface area contributed by atoms with Crippen molar-refractivity contribution < 1.29 is 4.79 Å². The molecule has 0 saturated carbocycles. The van der Waals surface area contributed by atoms with Gasteiger partial charge >= 0.3 is 0 Å². The molecule has 3 rings (SSSR count). The molecule has 1 fully saturated rings. The largest absolute Gasteiger partial charge is 0.342 e. The van der Waals surface area contributed by atoms with E-state index in [1.165, 1.54) is 23.7 Å². The van der Waals surface area contributed by atoms with Crippen LogP contribution in [0.25, 0.3) is 11.4 Å². The maximum Gasteiger partial charge on any atom is 0.233 e. The van der Waals surface area contributed by atoms with Gasteiger partial charge in [0.1, 0.15) is 0 Å². The number of hydrogen-bond acceptors (Lipinski definition) is 4. The van der Waals surface area contributed by atoms with E-state index in [4.69, 9.17) is 0 Å². The second-order valence-corrected chi connectivity index (χ2v) is 7.50. The van der Waals surface area contributed by atoms with Gasteiger partial charge in [-0.3, -0.25) is 4.79 Å². The van der Waals surface area contributed by atoms with Crippen LogP contribution in [0.1, 0.15) is 25.3 Å². The zero-order valence-electron chi connectivity index (χ0n) is 14.5. The number of aryl methyl sites for hydroxylation is 1. The Kier molecular flexibility index (Phi) is 5.23. The molecule has 1 atom stereocenters. The van der Waals surface area contributed by atoms with Gasteiger partial charge in [0.2, 0.25) is 5.91 Å². The zero-order chi connectivity index (χ0) is 17.1. The van der Waals surface area contributed by atoms with Gasteiger partial charge in [0.05, 0.1) is 5.75 Å². The van der Waals surface area contributed by atoms with E-state index in [0.29, 0.717) is 11.7 Å². The summed E-state index contributed by atoms with van der Waals surface area (Å²) in [7, 11) is 1.96. The summed E-state index contributed by atoms with van der Waals surface area (Å²) < 4.78 is 1.97. The molecule has 1 unspecified atom stereocenters. The fourth-order valence-corrected chi connectivity index (χ4v) is 3.95. The average molecular weight is 344 g/mol. The minimum Gasteiger partial charge on any atom is -0.342 e. The van der Waals surface area contributed by atoms with E-state index < -0.39 is 0 Å². The third-order valence-electron chi connectivity index (χ3n) is 4.56. The molecule has 24 heavy (non-hydrogen) atoms. The molecule has 1 aliphatic rings. The van der Waals surface area contributed by atoms with Gasteiger partial charge in [-0.25, -0.2) is 0 Å². The van der Waals surface area contributed by atoms with Crippen LogP contribution >= 0.6 is 11.8 Å². The first-order chi connectivity index (χ1) is 11.6. The summed E-state index contributed by atoms with van der Waals surface area (Å²) >= 11 is 1.47. The van der Waals surface area contributed by atoms with E-state index in [9.17, 15) is 4.79 Å². The zero-order valence-corrected chi connectivity index (χ0v) is 15.3. The lowest BCUT2D eigenvalue weighted by atomic mass is 10.0. The number of likely N-dealkylation sites (tertiary alicyclic amines) is 1. The van der Waals surface area contributed by atoms with Crippen LogP contribution in [-0.2, 0) is 11.8 Å². The predicted molar refractivity (Wildman–Crippen MR) is 96.9 cm³/mol. The SMILES string of the molecule is Cc1ccccc1-c1nnc(SCC(=O)N2CCCC(C)C2)n1C. The van der Waals surface area contributed by atoms with E-state index in [-0.39, 0.29) is 5.91 Å². The van der Waals surface area contributed by atoms with Crippen LogP contribution in [-0.4, -0.2) is 44.4 Å². The molecule has 2 aromatic rings. The number of rotatable bonds is 4. The minimum absolute atomic E-state index is 0.201. The van der Waals surface area contributed by atoms with E-state index in [0.717, 1.165) is 36.1 Å². The van der Waals surface area contributed by atoms with Gasteiger partial charge < -0.3 is 9.47 Å². The van der Waals surface area contributed by atoms with Crippen molar-refractivity contribution in [2.75, 3.05) is 18.8 Å². The van der Waals surface area contributed by atoms with Crippen molar-refractivity contribution in [3.8, 4) is 11.4 Å². The van der Waals surface area contributed by atoms with Gasteiger partial charge in [0.15, 0.2) is 11.0 Å². The Morgan fingerprint density at radius 1 is 1.33 bits per heavy atom. The number of nitrogens with zero attached hydrogens (tertiary/aromatic N) is 4. The van der Waals surface area contributed by atoms with Crippen LogP contribution in [0.3, 0.4) is 0 Å². The first-order valence-corrected chi connectivity index (χ1v) is 9.40. The Labute approximate surface area is 147 Å². The minimum atomic E-state index is 0.201. The molecule has 1 saturated heterocycles. The standard InChI is InChI=1S/C18H24N4OS/c1-13-7-6-10-22(11-13)16(23)12-24-18-20-19-17(21(18)3)15-9-5-4-8-14(15)2/h4-5,8-9,13H,6-7,10-12H2,1-3H3. The van der Waals surface area contributed by atoms with Gasteiger partial charge in [-0.05, 0) is 31.2 Å². The van der Waals surface area contributed by atoms with Crippen molar-refractivity contribution in [1.82, 2.24) is 19.7 Å². The van der Waals surface area contributed by atoms with Gasteiger partial charge in [0, 0.05) is 25.7 Å². The van der Waals surface area contributed by atoms with E-state index >= 15 is 0 Å². The number of aromatic nitrogens is 3. The highest BCUT2D eigenvalue weighted by molar-refractivity contribution is 7.99. The molecule has 1 aliphatic heterocycles. The molecule has 6 heteroatoms. The maximum atomic E-state index is 12.4. The van der Waals surface area contributed by atoms with Crippen molar-refractivity contribution >= 4 is 17.7 Å². The molecule has 0 N–H and O–H groups in total. The van der Waals surface area contributed by atoms with Gasteiger partial charge in [-0.15, -0.1) is 10.2 Å². The molecule has 5 nitrogen and oxygen atoms in total. The van der Waals surface area contributed by atoms with Crippen LogP contribution in [0.4, 0.5) is 0 Å². The number of amides is 1. The lowest BCUT2D eigenvalue weighted by Gasteiger charge is -2.30. The van der Waals surface area contributed by atoms with Crippen molar-refractivity contribution in [3.63, 3.8) is 0 Å². The summed E-state index contributed by atoms with van der Waals surface area (Å²) in [5.41, 5.74) is 2.25. The lowest BCUT2D eigenvalue weighted by Crippen LogP contribution is -2.40. The summed E-state index contributed by atoms with van der Waals surface area (Å²) in [5, 5.41) is 9.37. The summed E-state index contributed by atoms with van der Waals surface area (Å²) in [4.78, 5) is 14.4. The number of hydrogen-bond donors (Lipinski definition) is 0. The van der Waals surface area contributed by atoms with Crippen LogP contribution in [0.2, 0.25) is 0 Å². The molecule has 128 valence electrons. The number of carbonyl (C=O) groups excluding carboxylic acids is 1. The fourth-order valence-electron chi connectivity index (χ4n) is 3.13. The van der Waals surface area contributed by atoms with Crippen LogP contribution in [0.5, 0.6) is 0 Å². The second kappa shape index (κ2) is 7.38. The molecular weight excluding hydrogens is 320 g/mol. The first kappa shape index (κ1) is 17.0. The monoisotopic (exact) mass is 344 g/mol. The number of thioether (sulfide) groups is 1. The van der Waals surface area contributed by atoms with Crippen LogP contribution in [0.15, 0.2) is 29.4 Å². The van der Waals surface area contributed by atoms with Crippen molar-refractivity contribution in [2.45, 2.75) is 31.8 Å². The normalized spacial score (nSPS) is 18.0. The van der Waals surface area contributed by atoms with Crippen LogP contribution in [0, 0.1) is 12.8 Å². The number of piperidine rings is 1. The highest BCUT2D eigenvalue weighted by Gasteiger charge is 2.22. The van der Waals surface area contributed by atoms with Gasteiger partial charge in [0.25, 0.3) is 0 Å². The Morgan fingerprint density at radius 3 is 2.88 bits per heavy atom.